The Labute approximate surface area is 125 Å². The van der Waals surface area contributed by atoms with Crippen LogP contribution in [0.4, 0.5) is 5.69 Å². The van der Waals surface area contributed by atoms with Gasteiger partial charge in [-0.2, -0.15) is 0 Å². The fourth-order valence-electron chi connectivity index (χ4n) is 1.97. The van der Waals surface area contributed by atoms with Gasteiger partial charge in [-0.3, -0.25) is 4.79 Å². The highest BCUT2D eigenvalue weighted by Gasteiger charge is 2.08. The molecule has 0 unspecified atom stereocenters. The molecule has 0 radical (unpaired) electrons. The van der Waals surface area contributed by atoms with E-state index in [0.717, 1.165) is 16.6 Å². The van der Waals surface area contributed by atoms with Crippen molar-refractivity contribution in [2.24, 2.45) is 0 Å². The molecule has 0 saturated carbocycles. The van der Waals surface area contributed by atoms with Crippen LogP contribution in [0.5, 0.6) is 0 Å². The zero-order valence-electron chi connectivity index (χ0n) is 10.3. The van der Waals surface area contributed by atoms with Crippen LogP contribution >= 0.6 is 23.2 Å². The smallest absolute Gasteiger partial charge is 0.255 e. The SMILES string of the molecule is O=C(Nc1ccc2[nH]ccc2c1)c1ccc(Cl)c(Cl)c1. The Kier molecular flexibility index (Phi) is 3.38. The van der Waals surface area contributed by atoms with E-state index in [9.17, 15) is 4.79 Å². The molecular formula is C15H10Cl2N2O. The van der Waals surface area contributed by atoms with E-state index in [0.29, 0.717) is 15.6 Å². The van der Waals surface area contributed by atoms with Crippen molar-refractivity contribution >= 4 is 45.7 Å². The number of hydrogen-bond donors (Lipinski definition) is 2. The quantitative estimate of drug-likeness (QED) is 0.706. The largest absolute Gasteiger partial charge is 0.361 e. The molecule has 0 saturated heterocycles. The van der Waals surface area contributed by atoms with E-state index < -0.39 is 0 Å². The Morgan fingerprint density at radius 3 is 2.65 bits per heavy atom. The topological polar surface area (TPSA) is 44.9 Å². The summed E-state index contributed by atoms with van der Waals surface area (Å²) in [6.45, 7) is 0. The van der Waals surface area contributed by atoms with E-state index >= 15 is 0 Å². The summed E-state index contributed by atoms with van der Waals surface area (Å²) < 4.78 is 0. The minimum absolute atomic E-state index is 0.224. The Morgan fingerprint density at radius 1 is 1.00 bits per heavy atom. The third-order valence-electron chi connectivity index (χ3n) is 2.99. The minimum Gasteiger partial charge on any atom is -0.361 e. The molecule has 0 fully saturated rings. The number of carbonyl (C=O) groups excluding carboxylic acids is 1. The Morgan fingerprint density at radius 2 is 1.85 bits per heavy atom. The van der Waals surface area contributed by atoms with Crippen molar-refractivity contribution < 1.29 is 4.79 Å². The molecule has 2 aromatic carbocycles. The first-order chi connectivity index (χ1) is 9.63. The molecule has 0 aliphatic rings. The van der Waals surface area contributed by atoms with Crippen LogP contribution in [0.3, 0.4) is 0 Å². The molecule has 0 spiro atoms. The lowest BCUT2D eigenvalue weighted by atomic mass is 10.2. The molecule has 1 amide bonds. The molecule has 1 aromatic heterocycles. The van der Waals surface area contributed by atoms with Gasteiger partial charge in [-0.15, -0.1) is 0 Å². The molecule has 100 valence electrons. The minimum atomic E-state index is -0.224. The molecule has 0 atom stereocenters. The van der Waals surface area contributed by atoms with Gasteiger partial charge in [-0.1, -0.05) is 23.2 Å². The van der Waals surface area contributed by atoms with Gasteiger partial charge in [0.05, 0.1) is 10.0 Å². The first kappa shape index (κ1) is 13.0. The molecule has 2 N–H and O–H groups in total. The summed E-state index contributed by atoms with van der Waals surface area (Å²) in [6.07, 6.45) is 1.86. The van der Waals surface area contributed by atoms with Gasteiger partial charge in [-0.05, 0) is 42.5 Å². The summed E-state index contributed by atoms with van der Waals surface area (Å²) in [5, 5.41) is 4.66. The zero-order chi connectivity index (χ0) is 14.1. The highest BCUT2D eigenvalue weighted by molar-refractivity contribution is 6.42. The maximum absolute atomic E-state index is 12.1. The van der Waals surface area contributed by atoms with Crippen molar-refractivity contribution in [3.8, 4) is 0 Å². The summed E-state index contributed by atoms with van der Waals surface area (Å²) >= 11 is 11.7. The van der Waals surface area contributed by atoms with E-state index in [1.807, 2.05) is 30.5 Å². The number of H-pyrrole nitrogens is 1. The molecule has 3 rings (SSSR count). The third kappa shape index (κ3) is 2.50. The number of amides is 1. The molecule has 0 bridgehead atoms. The summed E-state index contributed by atoms with van der Waals surface area (Å²) in [5.41, 5.74) is 2.22. The van der Waals surface area contributed by atoms with Gasteiger partial charge in [0.1, 0.15) is 0 Å². The number of halogens is 2. The van der Waals surface area contributed by atoms with Crippen LogP contribution in [0.1, 0.15) is 10.4 Å². The van der Waals surface area contributed by atoms with Crippen LogP contribution in [0.2, 0.25) is 10.0 Å². The number of hydrogen-bond acceptors (Lipinski definition) is 1. The van der Waals surface area contributed by atoms with E-state index in [2.05, 4.69) is 10.3 Å². The number of aromatic nitrogens is 1. The lowest BCUT2D eigenvalue weighted by Gasteiger charge is -2.06. The van der Waals surface area contributed by atoms with Gasteiger partial charge in [0, 0.05) is 28.4 Å². The molecule has 0 aliphatic carbocycles. The molecule has 3 nitrogen and oxygen atoms in total. The van der Waals surface area contributed by atoms with Crippen molar-refractivity contribution in [2.75, 3.05) is 5.32 Å². The fraction of sp³-hybridized carbons (Fsp3) is 0. The van der Waals surface area contributed by atoms with Crippen LogP contribution in [0.25, 0.3) is 10.9 Å². The summed E-state index contributed by atoms with van der Waals surface area (Å²) in [6, 6.07) is 12.4. The van der Waals surface area contributed by atoms with E-state index in [4.69, 9.17) is 23.2 Å². The molecule has 3 aromatic rings. The first-order valence-corrected chi connectivity index (χ1v) is 6.72. The van der Waals surface area contributed by atoms with Crippen molar-refractivity contribution in [1.29, 1.82) is 0 Å². The number of benzene rings is 2. The van der Waals surface area contributed by atoms with Crippen molar-refractivity contribution in [3.05, 3.63) is 64.3 Å². The average Bonchev–Trinajstić information content (AvgIpc) is 2.89. The second-order valence-corrected chi connectivity index (χ2v) is 5.18. The van der Waals surface area contributed by atoms with Crippen LogP contribution in [-0.2, 0) is 0 Å². The average molecular weight is 305 g/mol. The van der Waals surface area contributed by atoms with Crippen LogP contribution in [0.15, 0.2) is 48.7 Å². The number of fused-ring (bicyclic) bond motifs is 1. The Hall–Kier alpha value is -1.97. The van der Waals surface area contributed by atoms with Crippen LogP contribution in [0, 0.1) is 0 Å². The van der Waals surface area contributed by atoms with Gasteiger partial charge in [0.15, 0.2) is 0 Å². The van der Waals surface area contributed by atoms with Crippen molar-refractivity contribution in [1.82, 2.24) is 4.98 Å². The standard InChI is InChI=1S/C15H10Cl2N2O/c16-12-3-1-10(8-13(12)17)15(20)19-11-2-4-14-9(7-11)5-6-18-14/h1-8,18H,(H,19,20). The maximum Gasteiger partial charge on any atom is 0.255 e. The number of carbonyl (C=O) groups is 1. The predicted octanol–water partition coefficient (Wildman–Crippen LogP) is 4.73. The van der Waals surface area contributed by atoms with Crippen LogP contribution in [-0.4, -0.2) is 10.9 Å². The highest BCUT2D eigenvalue weighted by Crippen LogP contribution is 2.23. The van der Waals surface area contributed by atoms with Gasteiger partial charge >= 0.3 is 0 Å². The molecule has 0 aliphatic heterocycles. The second kappa shape index (κ2) is 5.19. The molecule has 20 heavy (non-hydrogen) atoms. The lowest BCUT2D eigenvalue weighted by molar-refractivity contribution is 0.102. The van der Waals surface area contributed by atoms with E-state index in [-0.39, 0.29) is 5.91 Å². The molecule has 5 heteroatoms. The van der Waals surface area contributed by atoms with Crippen molar-refractivity contribution in [2.45, 2.75) is 0 Å². The fourth-order valence-corrected chi connectivity index (χ4v) is 2.27. The monoisotopic (exact) mass is 304 g/mol. The Balaban J connectivity index is 1.85. The van der Waals surface area contributed by atoms with Crippen molar-refractivity contribution in [3.63, 3.8) is 0 Å². The normalized spacial score (nSPS) is 10.7. The number of rotatable bonds is 2. The Bertz CT molecular complexity index is 795. The third-order valence-corrected chi connectivity index (χ3v) is 3.73. The van der Waals surface area contributed by atoms with Crippen LogP contribution < -0.4 is 5.32 Å². The van der Waals surface area contributed by atoms with E-state index in [1.165, 1.54) is 0 Å². The first-order valence-electron chi connectivity index (χ1n) is 5.97. The van der Waals surface area contributed by atoms with Gasteiger partial charge < -0.3 is 10.3 Å². The predicted molar refractivity (Wildman–Crippen MR) is 82.7 cm³/mol. The van der Waals surface area contributed by atoms with Gasteiger partial charge in [0.25, 0.3) is 5.91 Å². The van der Waals surface area contributed by atoms with Gasteiger partial charge in [0.2, 0.25) is 0 Å². The highest BCUT2D eigenvalue weighted by atomic mass is 35.5. The maximum atomic E-state index is 12.1. The van der Waals surface area contributed by atoms with E-state index in [1.54, 1.807) is 18.2 Å². The van der Waals surface area contributed by atoms with Gasteiger partial charge in [-0.25, -0.2) is 0 Å². The summed E-state index contributed by atoms with van der Waals surface area (Å²) in [4.78, 5) is 15.2. The molecular weight excluding hydrogens is 295 g/mol. The lowest BCUT2D eigenvalue weighted by Crippen LogP contribution is -2.11. The molecule has 1 heterocycles. The number of nitrogens with one attached hydrogen (secondary N) is 2. The number of anilines is 1. The number of aromatic amines is 1. The summed E-state index contributed by atoms with van der Waals surface area (Å²) in [7, 11) is 0. The second-order valence-electron chi connectivity index (χ2n) is 4.36. The zero-order valence-corrected chi connectivity index (χ0v) is 11.8. The summed E-state index contributed by atoms with van der Waals surface area (Å²) in [5.74, 6) is -0.224.